The first-order valence-electron chi connectivity index (χ1n) is 7.02. The quantitative estimate of drug-likeness (QED) is 0.277. The van der Waals surface area contributed by atoms with E-state index in [1.165, 1.54) is 0 Å². The van der Waals surface area contributed by atoms with Gasteiger partial charge in [0, 0.05) is 38.7 Å². The number of nitrogens with one attached hydrogen (secondary N) is 2. The summed E-state index contributed by atoms with van der Waals surface area (Å²) in [6.45, 7) is 7.71. The van der Waals surface area contributed by atoms with Crippen molar-refractivity contribution in [2.75, 3.05) is 45.2 Å². The number of likely N-dealkylation sites (N-methyl/N-ethyl adjacent to an activating group) is 1. The lowest BCUT2D eigenvalue weighted by Crippen LogP contribution is -2.40. The maximum atomic E-state index is 11.5. The van der Waals surface area contributed by atoms with Gasteiger partial charge in [0.1, 0.15) is 6.54 Å². The van der Waals surface area contributed by atoms with Crippen molar-refractivity contribution in [3.63, 3.8) is 0 Å². The Morgan fingerprint density at radius 2 is 2.05 bits per heavy atom. The van der Waals surface area contributed by atoms with Gasteiger partial charge in [-0.25, -0.2) is 4.99 Å². The molecule has 0 aromatic rings. The molecular weight excluding hydrogens is 272 g/mol. The number of carbonyl (C=O) groups excluding carboxylic acids is 1. The molecule has 0 aliphatic carbocycles. The summed E-state index contributed by atoms with van der Waals surface area (Å²) in [5.74, 6) is 2.66. The van der Waals surface area contributed by atoms with Gasteiger partial charge in [0.15, 0.2) is 5.96 Å². The Bertz CT molecular complexity index is 306. The molecule has 0 atom stereocenters. The van der Waals surface area contributed by atoms with Crippen molar-refractivity contribution in [1.29, 1.82) is 0 Å². The van der Waals surface area contributed by atoms with E-state index in [1.54, 1.807) is 19.0 Å². The maximum Gasteiger partial charge on any atom is 0.243 e. The van der Waals surface area contributed by atoms with E-state index in [1.807, 2.05) is 17.8 Å². The number of carbonyl (C=O) groups is 1. The van der Waals surface area contributed by atoms with Gasteiger partial charge in [-0.15, -0.1) is 6.58 Å². The first-order valence-corrected chi connectivity index (χ1v) is 8.18. The van der Waals surface area contributed by atoms with Crippen LogP contribution >= 0.6 is 11.8 Å². The second kappa shape index (κ2) is 12.8. The van der Waals surface area contributed by atoms with E-state index in [-0.39, 0.29) is 12.5 Å². The highest BCUT2D eigenvalue weighted by Gasteiger charge is 2.03. The third kappa shape index (κ3) is 10.7. The molecule has 6 heteroatoms. The second-order valence-electron chi connectivity index (χ2n) is 4.52. The highest BCUT2D eigenvalue weighted by atomic mass is 32.2. The molecule has 2 N–H and O–H groups in total. The molecule has 5 nitrogen and oxygen atoms in total. The van der Waals surface area contributed by atoms with E-state index in [0.29, 0.717) is 5.96 Å². The number of thioether (sulfide) groups is 1. The van der Waals surface area contributed by atoms with Gasteiger partial charge in [-0.2, -0.15) is 11.8 Å². The van der Waals surface area contributed by atoms with Crippen LogP contribution in [0.25, 0.3) is 0 Å². The third-order valence-electron chi connectivity index (χ3n) is 2.47. The van der Waals surface area contributed by atoms with Crippen LogP contribution in [0.15, 0.2) is 17.6 Å². The number of guanidine groups is 1. The Labute approximate surface area is 127 Å². The number of amides is 1. The van der Waals surface area contributed by atoms with E-state index >= 15 is 0 Å². The Morgan fingerprint density at radius 3 is 2.65 bits per heavy atom. The lowest BCUT2D eigenvalue weighted by molar-refractivity contribution is -0.127. The summed E-state index contributed by atoms with van der Waals surface area (Å²) in [4.78, 5) is 17.4. The molecule has 0 radical (unpaired) electrons. The van der Waals surface area contributed by atoms with Crippen LogP contribution < -0.4 is 10.6 Å². The minimum atomic E-state index is 0.00243. The van der Waals surface area contributed by atoms with Crippen LogP contribution in [0.5, 0.6) is 0 Å². The van der Waals surface area contributed by atoms with Crippen molar-refractivity contribution >= 4 is 23.6 Å². The molecule has 20 heavy (non-hydrogen) atoms. The molecule has 0 bridgehead atoms. The number of rotatable bonds is 10. The second-order valence-corrected chi connectivity index (χ2v) is 5.67. The molecular formula is C14H28N4OS. The standard InChI is InChI=1S/C14H28N4OS/c1-5-7-8-15-14(16-9-11-20-10-6-2)17-12-13(19)18(3)4/h6H,2,5,7-12H2,1,3-4H3,(H2,15,16,17). The molecule has 0 aliphatic heterocycles. The average molecular weight is 300 g/mol. The molecule has 0 spiro atoms. The van der Waals surface area contributed by atoms with Gasteiger partial charge >= 0.3 is 0 Å². The van der Waals surface area contributed by atoms with Crippen molar-refractivity contribution in [2.24, 2.45) is 4.99 Å². The molecule has 0 aromatic heterocycles. The molecule has 0 heterocycles. The summed E-state index contributed by atoms with van der Waals surface area (Å²) in [6, 6.07) is 0. The summed E-state index contributed by atoms with van der Waals surface area (Å²) < 4.78 is 0. The summed E-state index contributed by atoms with van der Waals surface area (Å²) in [5, 5.41) is 6.49. The van der Waals surface area contributed by atoms with Crippen LogP contribution in [0.3, 0.4) is 0 Å². The van der Waals surface area contributed by atoms with Crippen molar-refractivity contribution < 1.29 is 4.79 Å². The lowest BCUT2D eigenvalue weighted by atomic mass is 10.3. The molecule has 0 aromatic carbocycles. The molecule has 1 amide bonds. The van der Waals surface area contributed by atoms with E-state index in [9.17, 15) is 4.79 Å². The fourth-order valence-electron chi connectivity index (χ4n) is 1.25. The topological polar surface area (TPSA) is 56.7 Å². The van der Waals surface area contributed by atoms with Crippen LogP contribution in [-0.4, -0.2) is 62.0 Å². The van der Waals surface area contributed by atoms with Crippen molar-refractivity contribution in [3.8, 4) is 0 Å². The molecule has 0 fully saturated rings. The van der Waals surface area contributed by atoms with Gasteiger partial charge in [-0.1, -0.05) is 19.4 Å². The van der Waals surface area contributed by atoms with Crippen LogP contribution in [0.4, 0.5) is 0 Å². The lowest BCUT2D eigenvalue weighted by Gasteiger charge is -2.13. The van der Waals surface area contributed by atoms with Gasteiger partial charge in [-0.3, -0.25) is 4.79 Å². The SMILES string of the molecule is C=CCSCCNC(=NCC(=O)N(C)C)NCCCC. The summed E-state index contributed by atoms with van der Waals surface area (Å²) in [7, 11) is 3.47. The zero-order chi connectivity index (χ0) is 15.2. The predicted octanol–water partition coefficient (Wildman–Crippen LogP) is 1.33. The van der Waals surface area contributed by atoms with E-state index in [2.05, 4.69) is 29.1 Å². The van der Waals surface area contributed by atoms with Crippen LogP contribution in [0.2, 0.25) is 0 Å². The van der Waals surface area contributed by atoms with Crippen molar-refractivity contribution in [2.45, 2.75) is 19.8 Å². The highest BCUT2D eigenvalue weighted by molar-refractivity contribution is 7.99. The fourth-order valence-corrected chi connectivity index (χ4v) is 1.83. The highest BCUT2D eigenvalue weighted by Crippen LogP contribution is 1.97. The normalized spacial score (nSPS) is 11.1. The molecule has 0 saturated carbocycles. The molecule has 0 aliphatic rings. The fraction of sp³-hybridized carbons (Fsp3) is 0.714. The predicted molar refractivity (Wildman–Crippen MR) is 89.4 cm³/mol. The molecule has 0 saturated heterocycles. The summed E-state index contributed by atoms with van der Waals surface area (Å²) >= 11 is 1.81. The summed E-state index contributed by atoms with van der Waals surface area (Å²) in [5.41, 5.74) is 0. The Hall–Kier alpha value is -1.17. The average Bonchev–Trinajstić information content (AvgIpc) is 2.43. The summed E-state index contributed by atoms with van der Waals surface area (Å²) in [6.07, 6.45) is 4.12. The van der Waals surface area contributed by atoms with E-state index in [4.69, 9.17) is 0 Å². The number of aliphatic imine (C=N–C) groups is 1. The molecule has 0 unspecified atom stereocenters. The van der Waals surface area contributed by atoms with Gasteiger partial charge < -0.3 is 15.5 Å². The van der Waals surface area contributed by atoms with Crippen LogP contribution in [0, 0.1) is 0 Å². The van der Waals surface area contributed by atoms with E-state index < -0.39 is 0 Å². The van der Waals surface area contributed by atoms with Gasteiger partial charge in [0.05, 0.1) is 0 Å². The minimum Gasteiger partial charge on any atom is -0.356 e. The van der Waals surface area contributed by atoms with Gasteiger partial charge in [0.25, 0.3) is 0 Å². The van der Waals surface area contributed by atoms with Crippen LogP contribution in [-0.2, 0) is 4.79 Å². The number of unbranched alkanes of at least 4 members (excludes halogenated alkanes) is 1. The zero-order valence-corrected chi connectivity index (χ0v) is 13.8. The van der Waals surface area contributed by atoms with Crippen molar-refractivity contribution in [3.05, 3.63) is 12.7 Å². The van der Waals surface area contributed by atoms with Gasteiger partial charge in [-0.05, 0) is 6.42 Å². The van der Waals surface area contributed by atoms with Gasteiger partial charge in [0.2, 0.25) is 5.91 Å². The van der Waals surface area contributed by atoms with Crippen molar-refractivity contribution in [1.82, 2.24) is 15.5 Å². The number of nitrogens with zero attached hydrogens (tertiary/aromatic N) is 2. The van der Waals surface area contributed by atoms with E-state index in [0.717, 1.165) is 37.4 Å². The minimum absolute atomic E-state index is 0.00243. The zero-order valence-electron chi connectivity index (χ0n) is 12.9. The van der Waals surface area contributed by atoms with Crippen LogP contribution in [0.1, 0.15) is 19.8 Å². The Balaban J connectivity index is 4.14. The monoisotopic (exact) mass is 300 g/mol. The first kappa shape index (κ1) is 18.8. The third-order valence-corrected chi connectivity index (χ3v) is 3.43. The molecule has 0 rings (SSSR count). The first-order chi connectivity index (χ1) is 9.61. The Kier molecular flexibility index (Phi) is 12.1. The Morgan fingerprint density at radius 1 is 1.35 bits per heavy atom. The molecule has 116 valence electrons. The number of hydrogen-bond acceptors (Lipinski definition) is 3. The largest absolute Gasteiger partial charge is 0.356 e. The maximum absolute atomic E-state index is 11.5. The smallest absolute Gasteiger partial charge is 0.243 e. The number of hydrogen-bond donors (Lipinski definition) is 2.